The second-order valence-electron chi connectivity index (χ2n) is 3.89. The summed E-state index contributed by atoms with van der Waals surface area (Å²) in [6.45, 7) is 4.41. The topological polar surface area (TPSA) is 58.1 Å². The molecule has 88 valence electrons. The van der Waals surface area contributed by atoms with Crippen LogP contribution in [-0.4, -0.2) is 41.4 Å². The van der Waals surface area contributed by atoms with E-state index in [1.807, 2.05) is 13.8 Å². The number of hydrogen-bond acceptors (Lipinski definition) is 4. The average Bonchev–Trinajstić information content (AvgIpc) is 2.23. The standard InChI is InChI=1S/C11H18N4O/c1-8-9(2)14-10(7-13-8)12-6-5-11(16)15(3)4/h7H,5-6H2,1-4H3,(H,12,14). The first-order valence-corrected chi connectivity index (χ1v) is 5.25. The van der Waals surface area contributed by atoms with E-state index in [2.05, 4.69) is 15.3 Å². The predicted octanol–water partition coefficient (Wildman–Crippen LogP) is 0.984. The van der Waals surface area contributed by atoms with Crippen molar-refractivity contribution >= 4 is 11.7 Å². The third-order valence-corrected chi connectivity index (χ3v) is 2.34. The summed E-state index contributed by atoms with van der Waals surface area (Å²) in [7, 11) is 3.50. The van der Waals surface area contributed by atoms with Crippen LogP contribution in [0.2, 0.25) is 0 Å². The summed E-state index contributed by atoms with van der Waals surface area (Å²) < 4.78 is 0. The van der Waals surface area contributed by atoms with Gasteiger partial charge in [0.2, 0.25) is 5.91 Å². The number of carbonyl (C=O) groups is 1. The maximum atomic E-state index is 11.3. The molecule has 0 fully saturated rings. The molecular formula is C11H18N4O. The second-order valence-corrected chi connectivity index (χ2v) is 3.89. The number of amides is 1. The van der Waals surface area contributed by atoms with Crippen molar-refractivity contribution in [2.24, 2.45) is 0 Å². The fourth-order valence-electron chi connectivity index (χ4n) is 1.15. The summed E-state index contributed by atoms with van der Waals surface area (Å²) in [5.74, 6) is 0.818. The lowest BCUT2D eigenvalue weighted by atomic mass is 10.3. The highest BCUT2D eigenvalue weighted by Crippen LogP contribution is 2.05. The van der Waals surface area contributed by atoms with E-state index in [-0.39, 0.29) is 5.91 Å². The minimum Gasteiger partial charge on any atom is -0.368 e. The summed E-state index contributed by atoms with van der Waals surface area (Å²) in [6, 6.07) is 0. The number of rotatable bonds is 4. The zero-order chi connectivity index (χ0) is 12.1. The maximum absolute atomic E-state index is 11.3. The Morgan fingerprint density at radius 1 is 1.38 bits per heavy atom. The Hall–Kier alpha value is -1.65. The van der Waals surface area contributed by atoms with E-state index in [9.17, 15) is 4.79 Å². The normalized spacial score (nSPS) is 10.0. The van der Waals surface area contributed by atoms with Gasteiger partial charge in [-0.2, -0.15) is 0 Å². The second kappa shape index (κ2) is 5.44. The van der Waals surface area contributed by atoms with E-state index in [4.69, 9.17) is 0 Å². The van der Waals surface area contributed by atoms with Crippen molar-refractivity contribution in [3.05, 3.63) is 17.6 Å². The first-order valence-electron chi connectivity index (χ1n) is 5.25. The molecule has 1 amide bonds. The maximum Gasteiger partial charge on any atom is 0.223 e. The molecule has 1 rings (SSSR count). The van der Waals surface area contributed by atoms with Crippen LogP contribution in [0.5, 0.6) is 0 Å². The molecule has 0 atom stereocenters. The number of hydrogen-bond donors (Lipinski definition) is 1. The number of anilines is 1. The van der Waals surface area contributed by atoms with Gasteiger partial charge >= 0.3 is 0 Å². The number of nitrogens with zero attached hydrogens (tertiary/aromatic N) is 3. The Kier molecular flexibility index (Phi) is 4.22. The monoisotopic (exact) mass is 222 g/mol. The smallest absolute Gasteiger partial charge is 0.223 e. The largest absolute Gasteiger partial charge is 0.368 e. The molecule has 0 spiro atoms. The van der Waals surface area contributed by atoms with Crippen molar-refractivity contribution in [2.75, 3.05) is 26.0 Å². The molecule has 16 heavy (non-hydrogen) atoms. The molecule has 1 aromatic rings. The summed E-state index contributed by atoms with van der Waals surface area (Å²) in [5, 5.41) is 3.08. The van der Waals surface area contributed by atoms with Crippen LogP contribution in [0.25, 0.3) is 0 Å². The highest BCUT2D eigenvalue weighted by molar-refractivity contribution is 5.76. The highest BCUT2D eigenvalue weighted by Gasteiger charge is 2.04. The van der Waals surface area contributed by atoms with E-state index < -0.39 is 0 Å². The fraction of sp³-hybridized carbons (Fsp3) is 0.545. The van der Waals surface area contributed by atoms with E-state index >= 15 is 0 Å². The van der Waals surface area contributed by atoms with E-state index in [0.29, 0.717) is 13.0 Å². The van der Waals surface area contributed by atoms with Crippen LogP contribution >= 0.6 is 0 Å². The van der Waals surface area contributed by atoms with Crippen molar-refractivity contribution in [3.63, 3.8) is 0 Å². The Labute approximate surface area is 95.9 Å². The molecule has 1 heterocycles. The number of aromatic nitrogens is 2. The lowest BCUT2D eigenvalue weighted by Gasteiger charge is -2.11. The molecule has 5 nitrogen and oxygen atoms in total. The SMILES string of the molecule is Cc1ncc(NCCC(=O)N(C)C)nc1C. The van der Waals surface area contributed by atoms with Crippen LogP contribution in [0.15, 0.2) is 6.20 Å². The van der Waals surface area contributed by atoms with Gasteiger partial charge < -0.3 is 10.2 Å². The van der Waals surface area contributed by atoms with Gasteiger partial charge in [-0.05, 0) is 13.8 Å². The van der Waals surface area contributed by atoms with Gasteiger partial charge in [-0.3, -0.25) is 9.78 Å². The molecule has 0 aromatic carbocycles. The molecule has 5 heteroatoms. The Morgan fingerprint density at radius 2 is 2.06 bits per heavy atom. The average molecular weight is 222 g/mol. The first kappa shape index (κ1) is 12.4. The van der Waals surface area contributed by atoms with Gasteiger partial charge in [0.25, 0.3) is 0 Å². The third-order valence-electron chi connectivity index (χ3n) is 2.34. The molecule has 0 aliphatic heterocycles. The molecule has 0 bridgehead atoms. The molecule has 0 aliphatic carbocycles. The van der Waals surface area contributed by atoms with Crippen LogP contribution in [-0.2, 0) is 4.79 Å². The van der Waals surface area contributed by atoms with E-state index in [1.165, 1.54) is 0 Å². The third kappa shape index (κ3) is 3.49. The van der Waals surface area contributed by atoms with Crippen LogP contribution in [0, 0.1) is 13.8 Å². The van der Waals surface area contributed by atoms with Gasteiger partial charge in [-0.25, -0.2) is 4.98 Å². The first-order chi connectivity index (χ1) is 7.50. The van der Waals surface area contributed by atoms with Gasteiger partial charge in [-0.1, -0.05) is 0 Å². The fourth-order valence-corrected chi connectivity index (χ4v) is 1.15. The van der Waals surface area contributed by atoms with Crippen molar-refractivity contribution in [1.82, 2.24) is 14.9 Å². The molecule has 1 aromatic heterocycles. The van der Waals surface area contributed by atoms with Crippen LogP contribution in [0.3, 0.4) is 0 Å². The summed E-state index contributed by atoms with van der Waals surface area (Å²) in [6.07, 6.45) is 2.14. The molecule has 0 unspecified atom stereocenters. The quantitative estimate of drug-likeness (QED) is 0.825. The van der Waals surface area contributed by atoms with E-state index in [1.54, 1.807) is 25.2 Å². The molecule has 0 saturated carbocycles. The van der Waals surface area contributed by atoms with Crippen molar-refractivity contribution < 1.29 is 4.79 Å². The number of aryl methyl sites for hydroxylation is 2. The van der Waals surface area contributed by atoms with Crippen molar-refractivity contribution in [3.8, 4) is 0 Å². The molecule has 0 aliphatic rings. The van der Waals surface area contributed by atoms with Gasteiger partial charge in [0.1, 0.15) is 5.82 Å². The Balaban J connectivity index is 2.43. The lowest BCUT2D eigenvalue weighted by Crippen LogP contribution is -2.24. The number of carbonyl (C=O) groups excluding carboxylic acids is 1. The molecule has 1 N–H and O–H groups in total. The summed E-state index contributed by atoms with van der Waals surface area (Å²) >= 11 is 0. The van der Waals surface area contributed by atoms with Crippen LogP contribution in [0.1, 0.15) is 17.8 Å². The van der Waals surface area contributed by atoms with Crippen molar-refractivity contribution in [2.45, 2.75) is 20.3 Å². The predicted molar refractivity (Wildman–Crippen MR) is 63.3 cm³/mol. The molecular weight excluding hydrogens is 204 g/mol. The van der Waals surface area contributed by atoms with Gasteiger partial charge in [-0.15, -0.1) is 0 Å². The zero-order valence-electron chi connectivity index (χ0n) is 10.2. The minimum absolute atomic E-state index is 0.101. The Morgan fingerprint density at radius 3 is 2.62 bits per heavy atom. The highest BCUT2D eigenvalue weighted by atomic mass is 16.2. The Bertz CT molecular complexity index is 376. The van der Waals surface area contributed by atoms with Crippen LogP contribution in [0.4, 0.5) is 5.82 Å². The van der Waals surface area contributed by atoms with Crippen molar-refractivity contribution in [1.29, 1.82) is 0 Å². The van der Waals surface area contributed by atoms with Gasteiger partial charge in [0.15, 0.2) is 0 Å². The minimum atomic E-state index is 0.101. The van der Waals surface area contributed by atoms with Gasteiger partial charge in [0.05, 0.1) is 17.6 Å². The summed E-state index contributed by atoms with van der Waals surface area (Å²) in [4.78, 5) is 21.4. The zero-order valence-corrected chi connectivity index (χ0v) is 10.2. The number of nitrogens with one attached hydrogen (secondary N) is 1. The molecule has 0 saturated heterocycles. The summed E-state index contributed by atoms with van der Waals surface area (Å²) in [5.41, 5.74) is 1.83. The van der Waals surface area contributed by atoms with Crippen LogP contribution < -0.4 is 5.32 Å². The molecule has 0 radical (unpaired) electrons. The lowest BCUT2D eigenvalue weighted by molar-refractivity contribution is -0.128. The van der Waals surface area contributed by atoms with Gasteiger partial charge in [0, 0.05) is 27.1 Å². The van der Waals surface area contributed by atoms with E-state index in [0.717, 1.165) is 17.2 Å².